The van der Waals surface area contributed by atoms with Crippen LogP contribution in [0.25, 0.3) is 11.1 Å². The van der Waals surface area contributed by atoms with Gasteiger partial charge in [0.25, 0.3) is 5.91 Å². The lowest BCUT2D eigenvalue weighted by Crippen LogP contribution is -2.34. The Morgan fingerprint density at radius 1 is 1.14 bits per heavy atom. The molecular formula is C21H16Cl2FN3O. The van der Waals surface area contributed by atoms with Gasteiger partial charge in [0.1, 0.15) is 5.69 Å². The Morgan fingerprint density at radius 2 is 1.86 bits per heavy atom. The zero-order valence-electron chi connectivity index (χ0n) is 15.4. The lowest BCUT2D eigenvalue weighted by atomic mass is 9.85. The maximum absolute atomic E-state index is 15.2. The topological polar surface area (TPSA) is 38.1 Å². The fourth-order valence-corrected chi connectivity index (χ4v) is 4.73. The summed E-state index contributed by atoms with van der Waals surface area (Å²) in [6.45, 7) is 4.06. The molecule has 0 unspecified atom stereocenters. The minimum atomic E-state index is -0.593. The smallest absolute Gasteiger partial charge is 0.277 e. The maximum Gasteiger partial charge on any atom is 0.277 e. The minimum Gasteiger partial charge on any atom is -0.292 e. The van der Waals surface area contributed by atoms with Crippen LogP contribution in [0.15, 0.2) is 30.3 Å². The standard InChI is InChI=1S/C21H16Cl2FN3O/c1-9(2)17-15-18-13-8-10(22)4-5-11(13)12-6-7-14(23)16(24)19(12)27(18)21(28)20(15)26(3)25-17/h4-9,18H,1-3H3/t18-/m0/s1. The maximum atomic E-state index is 15.2. The van der Waals surface area contributed by atoms with Crippen LogP contribution in [0.4, 0.5) is 10.1 Å². The van der Waals surface area contributed by atoms with Crippen molar-refractivity contribution in [3.63, 3.8) is 0 Å². The van der Waals surface area contributed by atoms with Gasteiger partial charge in [0.05, 0.1) is 22.4 Å². The van der Waals surface area contributed by atoms with Crippen LogP contribution < -0.4 is 4.90 Å². The summed E-state index contributed by atoms with van der Waals surface area (Å²) in [5.41, 5.74) is 4.67. The van der Waals surface area contributed by atoms with Crippen LogP contribution in [0.2, 0.25) is 10.0 Å². The normalized spacial score (nSPS) is 16.9. The Balaban J connectivity index is 1.92. The molecule has 142 valence electrons. The first-order chi connectivity index (χ1) is 13.3. The van der Waals surface area contributed by atoms with E-state index in [1.54, 1.807) is 23.9 Å². The quantitative estimate of drug-likeness (QED) is 0.509. The van der Waals surface area contributed by atoms with E-state index in [1.807, 2.05) is 26.0 Å². The third-order valence-electron chi connectivity index (χ3n) is 5.52. The molecule has 1 aromatic heterocycles. The van der Waals surface area contributed by atoms with Gasteiger partial charge in [-0.3, -0.25) is 14.4 Å². The van der Waals surface area contributed by atoms with Crippen molar-refractivity contribution in [2.24, 2.45) is 7.05 Å². The second kappa shape index (κ2) is 5.82. The molecule has 0 spiro atoms. The second-order valence-corrected chi connectivity index (χ2v) is 8.34. The van der Waals surface area contributed by atoms with E-state index in [1.165, 1.54) is 11.0 Å². The predicted octanol–water partition coefficient (Wildman–Crippen LogP) is 5.72. The first-order valence-corrected chi connectivity index (χ1v) is 9.75. The highest BCUT2D eigenvalue weighted by Crippen LogP contribution is 2.54. The molecule has 7 heteroatoms. The van der Waals surface area contributed by atoms with Crippen molar-refractivity contribution >= 4 is 34.8 Å². The van der Waals surface area contributed by atoms with E-state index in [9.17, 15) is 4.79 Å². The molecule has 3 heterocycles. The molecule has 2 aliphatic heterocycles. The molecule has 4 nitrogen and oxygen atoms in total. The number of halogens is 3. The molecule has 3 aromatic rings. The third-order valence-corrected chi connectivity index (χ3v) is 6.05. The largest absolute Gasteiger partial charge is 0.292 e. The lowest BCUT2D eigenvalue weighted by molar-refractivity contribution is 0.0983. The molecule has 0 fully saturated rings. The average Bonchev–Trinajstić information content (AvgIpc) is 3.14. The Bertz CT molecular complexity index is 1180. The molecule has 2 aliphatic rings. The molecule has 1 atom stereocenters. The fraction of sp³-hybridized carbons (Fsp3) is 0.238. The summed E-state index contributed by atoms with van der Waals surface area (Å²) in [7, 11) is 1.75. The van der Waals surface area contributed by atoms with Crippen LogP contribution in [-0.4, -0.2) is 15.7 Å². The monoisotopic (exact) mass is 415 g/mol. The number of hydrogen-bond acceptors (Lipinski definition) is 2. The van der Waals surface area contributed by atoms with E-state index < -0.39 is 11.9 Å². The fourth-order valence-electron chi connectivity index (χ4n) is 4.39. The number of carbonyl (C=O) groups is 1. The molecule has 0 N–H and O–H groups in total. The number of nitrogens with zero attached hydrogens (tertiary/aromatic N) is 3. The molecule has 0 saturated carbocycles. The van der Waals surface area contributed by atoms with E-state index in [-0.39, 0.29) is 22.5 Å². The molecule has 0 saturated heterocycles. The van der Waals surface area contributed by atoms with Gasteiger partial charge in [-0.05, 0) is 35.2 Å². The van der Waals surface area contributed by atoms with E-state index in [0.29, 0.717) is 16.3 Å². The molecule has 0 aliphatic carbocycles. The van der Waals surface area contributed by atoms with E-state index in [4.69, 9.17) is 23.2 Å². The van der Waals surface area contributed by atoms with Crippen LogP contribution in [-0.2, 0) is 7.05 Å². The minimum absolute atomic E-state index is 0.0131. The van der Waals surface area contributed by atoms with Gasteiger partial charge >= 0.3 is 0 Å². The van der Waals surface area contributed by atoms with Crippen molar-refractivity contribution in [1.29, 1.82) is 0 Å². The van der Waals surface area contributed by atoms with Gasteiger partial charge in [-0.1, -0.05) is 49.2 Å². The van der Waals surface area contributed by atoms with Crippen molar-refractivity contribution in [2.45, 2.75) is 25.8 Å². The number of fused-ring (bicyclic) bond motifs is 8. The van der Waals surface area contributed by atoms with Crippen molar-refractivity contribution < 1.29 is 9.18 Å². The zero-order valence-corrected chi connectivity index (χ0v) is 16.9. The van der Waals surface area contributed by atoms with Gasteiger partial charge in [-0.15, -0.1) is 0 Å². The zero-order chi connectivity index (χ0) is 19.9. The number of aromatic nitrogens is 2. The van der Waals surface area contributed by atoms with E-state index >= 15 is 4.39 Å². The summed E-state index contributed by atoms with van der Waals surface area (Å²) >= 11 is 12.4. The van der Waals surface area contributed by atoms with Crippen molar-refractivity contribution in [3.05, 3.63) is 68.7 Å². The van der Waals surface area contributed by atoms with Crippen molar-refractivity contribution in [2.75, 3.05) is 4.90 Å². The molecule has 0 radical (unpaired) electrons. The Morgan fingerprint density at radius 3 is 2.57 bits per heavy atom. The SMILES string of the molecule is CC(C)c1nn(C)c2c1[C@@H]1c3cc(Cl)ccc3-c3ccc(Cl)c(F)c3N1C2=O. The highest BCUT2D eigenvalue weighted by molar-refractivity contribution is 6.32. The van der Waals surface area contributed by atoms with Gasteiger partial charge < -0.3 is 0 Å². The molecule has 2 aromatic carbocycles. The van der Waals surface area contributed by atoms with Crippen molar-refractivity contribution in [3.8, 4) is 11.1 Å². The molecule has 0 bridgehead atoms. The number of benzene rings is 2. The van der Waals surface area contributed by atoms with Gasteiger partial charge in [-0.25, -0.2) is 4.39 Å². The number of hydrogen-bond donors (Lipinski definition) is 0. The summed E-state index contributed by atoms with van der Waals surface area (Å²) in [4.78, 5) is 14.9. The van der Waals surface area contributed by atoms with Crippen molar-refractivity contribution in [1.82, 2.24) is 9.78 Å². The number of amides is 1. The highest BCUT2D eigenvalue weighted by atomic mass is 35.5. The summed E-state index contributed by atoms with van der Waals surface area (Å²) in [6.07, 6.45) is 0. The predicted molar refractivity (Wildman–Crippen MR) is 108 cm³/mol. The van der Waals surface area contributed by atoms with Crippen LogP contribution >= 0.6 is 23.2 Å². The lowest BCUT2D eigenvalue weighted by Gasteiger charge is -2.35. The summed E-state index contributed by atoms with van der Waals surface area (Å²) < 4.78 is 16.8. The van der Waals surface area contributed by atoms with Crippen LogP contribution in [0, 0.1) is 5.82 Å². The van der Waals surface area contributed by atoms with E-state index in [0.717, 1.165) is 22.4 Å². The first kappa shape index (κ1) is 17.7. The van der Waals surface area contributed by atoms with Gasteiger partial charge in [0, 0.05) is 23.2 Å². The van der Waals surface area contributed by atoms with Crippen LogP contribution in [0.3, 0.4) is 0 Å². The molecular weight excluding hydrogens is 400 g/mol. The molecule has 5 rings (SSSR count). The Labute approximate surface area is 171 Å². The Kier molecular flexibility index (Phi) is 3.68. The van der Waals surface area contributed by atoms with E-state index in [2.05, 4.69) is 5.10 Å². The van der Waals surface area contributed by atoms with Gasteiger partial charge in [0.15, 0.2) is 5.82 Å². The number of carbonyl (C=O) groups excluding carboxylic acids is 1. The summed E-state index contributed by atoms with van der Waals surface area (Å²) in [5.74, 6) is -0.768. The van der Waals surface area contributed by atoms with Gasteiger partial charge in [0.2, 0.25) is 0 Å². The number of anilines is 1. The molecule has 28 heavy (non-hydrogen) atoms. The number of aryl methyl sites for hydroxylation is 1. The first-order valence-electron chi connectivity index (χ1n) is 8.99. The van der Waals surface area contributed by atoms with Crippen LogP contribution in [0.5, 0.6) is 0 Å². The summed E-state index contributed by atoms with van der Waals surface area (Å²) in [5, 5.41) is 5.13. The second-order valence-electron chi connectivity index (χ2n) is 7.49. The highest BCUT2D eigenvalue weighted by Gasteiger charge is 2.49. The summed E-state index contributed by atoms with van der Waals surface area (Å²) in [6, 6.07) is 8.28. The van der Waals surface area contributed by atoms with Crippen LogP contribution in [0.1, 0.15) is 53.1 Å². The average molecular weight is 416 g/mol. The molecule has 1 amide bonds. The van der Waals surface area contributed by atoms with Gasteiger partial charge in [-0.2, -0.15) is 5.10 Å². The Hall–Kier alpha value is -2.37. The third kappa shape index (κ3) is 2.12. The number of rotatable bonds is 1.